The van der Waals surface area contributed by atoms with E-state index in [4.69, 9.17) is 14.2 Å². The van der Waals surface area contributed by atoms with Gasteiger partial charge in [-0.1, -0.05) is 18.2 Å². The van der Waals surface area contributed by atoms with Crippen LogP contribution in [0, 0.1) is 0 Å². The summed E-state index contributed by atoms with van der Waals surface area (Å²) in [6, 6.07) is 16.4. The standard InChI is InChI=1S/C22H26N2O5/c1-2-27-19-8-10-20(11-9-19)29-17-22(26)24-14-12-23(13-15-24)21(25)16-28-18-6-4-3-5-7-18/h3-11H,2,12-17H2,1H3. The summed E-state index contributed by atoms with van der Waals surface area (Å²) in [6.07, 6.45) is 0. The SMILES string of the molecule is CCOc1ccc(OCC(=O)N2CCN(C(=O)COc3ccccc3)CC2)cc1. The van der Waals surface area contributed by atoms with E-state index in [0.717, 1.165) is 5.75 Å². The first-order valence-electron chi connectivity index (χ1n) is 9.75. The Bertz CT molecular complexity index is 787. The van der Waals surface area contributed by atoms with E-state index in [2.05, 4.69) is 0 Å². The summed E-state index contributed by atoms with van der Waals surface area (Å²) in [5.74, 6) is 1.89. The molecular weight excluding hydrogens is 372 g/mol. The highest BCUT2D eigenvalue weighted by Crippen LogP contribution is 2.17. The van der Waals surface area contributed by atoms with Crippen molar-refractivity contribution < 1.29 is 23.8 Å². The Balaban J connectivity index is 1.38. The number of ether oxygens (including phenoxy) is 3. The lowest BCUT2D eigenvalue weighted by molar-refractivity contribution is -0.141. The van der Waals surface area contributed by atoms with Gasteiger partial charge in [-0.25, -0.2) is 0 Å². The zero-order valence-corrected chi connectivity index (χ0v) is 16.6. The highest BCUT2D eigenvalue weighted by molar-refractivity contribution is 5.80. The van der Waals surface area contributed by atoms with Gasteiger partial charge in [0.25, 0.3) is 11.8 Å². The van der Waals surface area contributed by atoms with E-state index in [-0.39, 0.29) is 25.0 Å². The van der Waals surface area contributed by atoms with Crippen LogP contribution in [0.2, 0.25) is 0 Å². The van der Waals surface area contributed by atoms with Gasteiger partial charge in [0.2, 0.25) is 0 Å². The lowest BCUT2D eigenvalue weighted by Crippen LogP contribution is -2.52. The normalized spacial score (nSPS) is 13.7. The Morgan fingerprint density at radius 3 is 1.55 bits per heavy atom. The molecule has 0 atom stereocenters. The van der Waals surface area contributed by atoms with Gasteiger partial charge in [-0.15, -0.1) is 0 Å². The molecule has 7 heteroatoms. The maximum atomic E-state index is 12.4. The number of carbonyl (C=O) groups excluding carboxylic acids is 2. The van der Waals surface area contributed by atoms with Crippen molar-refractivity contribution >= 4 is 11.8 Å². The van der Waals surface area contributed by atoms with Crippen LogP contribution in [0.4, 0.5) is 0 Å². The number of piperazine rings is 1. The van der Waals surface area contributed by atoms with Crippen LogP contribution in [0.15, 0.2) is 54.6 Å². The summed E-state index contributed by atoms with van der Waals surface area (Å²) in [5, 5.41) is 0. The Morgan fingerprint density at radius 2 is 1.10 bits per heavy atom. The summed E-state index contributed by atoms with van der Waals surface area (Å²) in [6.45, 7) is 4.46. The van der Waals surface area contributed by atoms with Crippen molar-refractivity contribution in [3.05, 3.63) is 54.6 Å². The molecule has 0 aromatic heterocycles. The van der Waals surface area contributed by atoms with E-state index in [1.807, 2.05) is 49.4 Å². The summed E-state index contributed by atoms with van der Waals surface area (Å²) in [7, 11) is 0. The van der Waals surface area contributed by atoms with Crippen molar-refractivity contribution in [1.29, 1.82) is 0 Å². The van der Waals surface area contributed by atoms with Crippen LogP contribution in [0.5, 0.6) is 17.2 Å². The van der Waals surface area contributed by atoms with Gasteiger partial charge in [0, 0.05) is 26.2 Å². The van der Waals surface area contributed by atoms with Crippen LogP contribution >= 0.6 is 0 Å². The minimum atomic E-state index is -0.0912. The zero-order chi connectivity index (χ0) is 20.5. The molecule has 0 radical (unpaired) electrons. The average molecular weight is 398 g/mol. The Labute approximate surface area is 170 Å². The molecule has 2 aromatic carbocycles. The molecule has 29 heavy (non-hydrogen) atoms. The molecule has 154 valence electrons. The second kappa shape index (κ2) is 10.4. The molecule has 1 heterocycles. The maximum absolute atomic E-state index is 12.4. The molecule has 3 rings (SSSR count). The summed E-state index contributed by atoms with van der Waals surface area (Å²) < 4.78 is 16.5. The third-order valence-electron chi connectivity index (χ3n) is 4.59. The Morgan fingerprint density at radius 1 is 0.690 bits per heavy atom. The van der Waals surface area contributed by atoms with Crippen molar-refractivity contribution in [2.75, 3.05) is 46.0 Å². The molecule has 0 spiro atoms. The lowest BCUT2D eigenvalue weighted by atomic mass is 10.3. The summed E-state index contributed by atoms with van der Waals surface area (Å²) in [5.41, 5.74) is 0. The Hall–Kier alpha value is -3.22. The minimum absolute atomic E-state index is 0.00118. The van der Waals surface area contributed by atoms with E-state index in [1.54, 1.807) is 21.9 Å². The number of nitrogens with zero attached hydrogens (tertiary/aromatic N) is 2. The van der Waals surface area contributed by atoms with Gasteiger partial charge in [-0.2, -0.15) is 0 Å². The van der Waals surface area contributed by atoms with E-state index in [9.17, 15) is 9.59 Å². The van der Waals surface area contributed by atoms with Gasteiger partial charge < -0.3 is 24.0 Å². The first kappa shape index (κ1) is 20.5. The Kier molecular flexibility index (Phi) is 7.33. The lowest BCUT2D eigenvalue weighted by Gasteiger charge is -2.34. The molecule has 2 amide bonds. The molecule has 1 saturated heterocycles. The second-order valence-corrected chi connectivity index (χ2v) is 6.56. The van der Waals surface area contributed by atoms with Gasteiger partial charge in [-0.3, -0.25) is 9.59 Å². The monoisotopic (exact) mass is 398 g/mol. The molecule has 0 aliphatic carbocycles. The molecule has 0 N–H and O–H groups in total. The zero-order valence-electron chi connectivity index (χ0n) is 16.6. The van der Waals surface area contributed by atoms with Crippen molar-refractivity contribution in [2.45, 2.75) is 6.92 Å². The third kappa shape index (κ3) is 6.14. The highest BCUT2D eigenvalue weighted by Gasteiger charge is 2.24. The average Bonchev–Trinajstić information content (AvgIpc) is 2.78. The largest absolute Gasteiger partial charge is 0.494 e. The van der Waals surface area contributed by atoms with Gasteiger partial charge in [-0.05, 0) is 43.3 Å². The van der Waals surface area contributed by atoms with E-state index in [1.165, 1.54) is 0 Å². The number of carbonyl (C=O) groups is 2. The number of para-hydroxylation sites is 1. The van der Waals surface area contributed by atoms with E-state index >= 15 is 0 Å². The highest BCUT2D eigenvalue weighted by atomic mass is 16.5. The van der Waals surface area contributed by atoms with Crippen LogP contribution < -0.4 is 14.2 Å². The predicted octanol–water partition coefficient (Wildman–Crippen LogP) is 2.21. The van der Waals surface area contributed by atoms with Crippen LogP contribution in [-0.4, -0.2) is 67.6 Å². The smallest absolute Gasteiger partial charge is 0.260 e. The fourth-order valence-corrected chi connectivity index (χ4v) is 2.99. The van der Waals surface area contributed by atoms with E-state index in [0.29, 0.717) is 44.3 Å². The van der Waals surface area contributed by atoms with Crippen LogP contribution in [0.3, 0.4) is 0 Å². The number of rotatable bonds is 8. The fourth-order valence-electron chi connectivity index (χ4n) is 2.99. The molecular formula is C22H26N2O5. The van der Waals surface area contributed by atoms with Crippen LogP contribution in [0.1, 0.15) is 6.92 Å². The van der Waals surface area contributed by atoms with E-state index < -0.39 is 0 Å². The first-order chi connectivity index (χ1) is 14.2. The second-order valence-electron chi connectivity index (χ2n) is 6.56. The summed E-state index contributed by atoms with van der Waals surface area (Å²) in [4.78, 5) is 28.1. The molecule has 0 bridgehead atoms. The number of benzene rings is 2. The van der Waals surface area contributed by atoms with Crippen molar-refractivity contribution in [1.82, 2.24) is 9.80 Å². The summed E-state index contributed by atoms with van der Waals surface area (Å²) >= 11 is 0. The molecule has 1 aliphatic rings. The molecule has 1 fully saturated rings. The molecule has 0 unspecified atom stereocenters. The number of amides is 2. The molecule has 1 aliphatic heterocycles. The van der Waals surface area contributed by atoms with Gasteiger partial charge in [0.1, 0.15) is 17.2 Å². The first-order valence-corrected chi connectivity index (χ1v) is 9.75. The minimum Gasteiger partial charge on any atom is -0.494 e. The molecule has 2 aromatic rings. The fraction of sp³-hybridized carbons (Fsp3) is 0.364. The maximum Gasteiger partial charge on any atom is 0.260 e. The van der Waals surface area contributed by atoms with Gasteiger partial charge >= 0.3 is 0 Å². The van der Waals surface area contributed by atoms with Crippen molar-refractivity contribution in [3.8, 4) is 17.2 Å². The van der Waals surface area contributed by atoms with Crippen molar-refractivity contribution in [3.63, 3.8) is 0 Å². The quantitative estimate of drug-likeness (QED) is 0.682. The van der Waals surface area contributed by atoms with Gasteiger partial charge in [0.15, 0.2) is 13.2 Å². The van der Waals surface area contributed by atoms with Crippen LogP contribution in [0.25, 0.3) is 0 Å². The number of hydrogen-bond donors (Lipinski definition) is 0. The number of hydrogen-bond acceptors (Lipinski definition) is 5. The topological polar surface area (TPSA) is 68.3 Å². The van der Waals surface area contributed by atoms with Crippen LogP contribution in [-0.2, 0) is 9.59 Å². The third-order valence-corrected chi connectivity index (χ3v) is 4.59. The molecule has 0 saturated carbocycles. The van der Waals surface area contributed by atoms with Gasteiger partial charge in [0.05, 0.1) is 6.61 Å². The predicted molar refractivity (Wildman–Crippen MR) is 108 cm³/mol. The molecule has 7 nitrogen and oxygen atoms in total. The van der Waals surface area contributed by atoms with Crippen molar-refractivity contribution in [2.24, 2.45) is 0 Å².